The summed E-state index contributed by atoms with van der Waals surface area (Å²) in [6.07, 6.45) is 3.90. The number of hydrogen-bond acceptors (Lipinski definition) is 7. The lowest BCUT2D eigenvalue weighted by Gasteiger charge is -2.15. The molecule has 1 saturated heterocycles. The molecule has 0 amide bonds. The maximum absolute atomic E-state index is 5.92. The molecule has 2 aromatic rings. The van der Waals surface area contributed by atoms with E-state index in [-0.39, 0.29) is 5.28 Å². The number of halogens is 1. The van der Waals surface area contributed by atoms with Gasteiger partial charge in [-0.3, -0.25) is 0 Å². The summed E-state index contributed by atoms with van der Waals surface area (Å²) < 4.78 is 4.99. The number of nitrogens with one attached hydrogen (secondary N) is 1. The van der Waals surface area contributed by atoms with Crippen LogP contribution in [-0.2, 0) is 6.54 Å². The Labute approximate surface area is 115 Å². The van der Waals surface area contributed by atoms with E-state index in [9.17, 15) is 0 Å². The van der Waals surface area contributed by atoms with Crippen molar-refractivity contribution in [1.82, 2.24) is 20.1 Å². The van der Waals surface area contributed by atoms with Gasteiger partial charge in [-0.25, -0.2) is 0 Å². The fraction of sp³-hybridized carbons (Fsp3) is 0.455. The second-order valence-electron chi connectivity index (χ2n) is 4.25. The van der Waals surface area contributed by atoms with Crippen LogP contribution < -0.4 is 10.2 Å². The van der Waals surface area contributed by atoms with Gasteiger partial charge in [0.05, 0.1) is 12.7 Å². The zero-order valence-corrected chi connectivity index (χ0v) is 11.0. The molecule has 0 radical (unpaired) electrons. The summed E-state index contributed by atoms with van der Waals surface area (Å²) in [7, 11) is 0. The van der Waals surface area contributed by atoms with Crippen molar-refractivity contribution >= 4 is 23.5 Å². The maximum Gasteiger partial charge on any atom is 0.231 e. The zero-order valence-electron chi connectivity index (χ0n) is 10.2. The molecule has 100 valence electrons. The van der Waals surface area contributed by atoms with Gasteiger partial charge in [0.2, 0.25) is 17.2 Å². The van der Waals surface area contributed by atoms with Crippen molar-refractivity contribution in [3.63, 3.8) is 0 Å². The summed E-state index contributed by atoms with van der Waals surface area (Å²) in [4.78, 5) is 14.7. The number of hydrogen-bond donors (Lipinski definition) is 1. The molecular weight excluding hydrogens is 268 g/mol. The highest BCUT2D eigenvalue weighted by Crippen LogP contribution is 2.18. The minimum atomic E-state index is 0.192. The summed E-state index contributed by atoms with van der Waals surface area (Å²) >= 11 is 5.92. The molecule has 19 heavy (non-hydrogen) atoms. The van der Waals surface area contributed by atoms with Gasteiger partial charge in [-0.2, -0.15) is 15.0 Å². The van der Waals surface area contributed by atoms with Crippen molar-refractivity contribution < 1.29 is 4.52 Å². The van der Waals surface area contributed by atoms with E-state index in [0.29, 0.717) is 24.2 Å². The number of rotatable bonds is 4. The van der Waals surface area contributed by atoms with Crippen molar-refractivity contribution in [2.75, 3.05) is 23.3 Å². The average Bonchev–Trinajstić information content (AvgIpc) is 3.09. The summed E-state index contributed by atoms with van der Waals surface area (Å²) in [5.41, 5.74) is 0. The standard InChI is InChI=1S/C11H13ClN6O/c12-9-15-10(13-7-8-3-4-14-19-8)17-11(16-9)18-5-1-2-6-18/h3-4H,1-2,5-7H2,(H,13,15,16,17). The molecule has 1 fully saturated rings. The third kappa shape index (κ3) is 2.93. The molecule has 0 aliphatic carbocycles. The minimum absolute atomic E-state index is 0.192. The van der Waals surface area contributed by atoms with Crippen LogP contribution in [0.15, 0.2) is 16.8 Å². The molecule has 1 N–H and O–H groups in total. The Hall–Kier alpha value is -1.89. The van der Waals surface area contributed by atoms with Gasteiger partial charge in [0.15, 0.2) is 5.76 Å². The quantitative estimate of drug-likeness (QED) is 0.913. The SMILES string of the molecule is Clc1nc(NCc2ccno2)nc(N2CCCC2)n1. The highest BCUT2D eigenvalue weighted by molar-refractivity contribution is 6.28. The molecule has 0 unspecified atom stereocenters. The van der Waals surface area contributed by atoms with Crippen LogP contribution in [0.1, 0.15) is 18.6 Å². The first-order chi connectivity index (χ1) is 9.31. The van der Waals surface area contributed by atoms with E-state index >= 15 is 0 Å². The van der Waals surface area contributed by atoms with Crippen molar-refractivity contribution in [2.45, 2.75) is 19.4 Å². The van der Waals surface area contributed by atoms with Gasteiger partial charge >= 0.3 is 0 Å². The van der Waals surface area contributed by atoms with E-state index in [1.165, 1.54) is 0 Å². The molecule has 7 nitrogen and oxygen atoms in total. The molecular formula is C11H13ClN6O. The second-order valence-corrected chi connectivity index (χ2v) is 4.59. The third-order valence-electron chi connectivity index (χ3n) is 2.90. The second kappa shape index (κ2) is 5.40. The predicted molar refractivity (Wildman–Crippen MR) is 70.1 cm³/mol. The molecule has 0 aromatic carbocycles. The summed E-state index contributed by atoms with van der Waals surface area (Å²) in [6, 6.07) is 1.77. The Balaban J connectivity index is 1.73. The van der Waals surface area contributed by atoms with Crippen molar-refractivity contribution in [3.05, 3.63) is 23.3 Å². The Bertz CT molecular complexity index is 540. The normalized spacial score (nSPS) is 14.9. The molecule has 1 aliphatic heterocycles. The number of anilines is 2. The maximum atomic E-state index is 5.92. The summed E-state index contributed by atoms with van der Waals surface area (Å²) in [6.45, 7) is 2.38. The Morgan fingerprint density at radius 2 is 2.11 bits per heavy atom. The lowest BCUT2D eigenvalue weighted by molar-refractivity contribution is 0.387. The molecule has 1 aliphatic rings. The molecule has 0 atom stereocenters. The van der Waals surface area contributed by atoms with Crippen molar-refractivity contribution in [1.29, 1.82) is 0 Å². The molecule has 3 heterocycles. The Kier molecular flexibility index (Phi) is 3.45. The Morgan fingerprint density at radius 3 is 2.84 bits per heavy atom. The first-order valence-corrected chi connectivity index (χ1v) is 6.49. The largest absolute Gasteiger partial charge is 0.360 e. The molecule has 0 saturated carbocycles. The van der Waals surface area contributed by atoms with E-state index < -0.39 is 0 Å². The summed E-state index contributed by atoms with van der Waals surface area (Å²) in [5.74, 6) is 1.77. The van der Waals surface area contributed by atoms with Gasteiger partial charge < -0.3 is 14.7 Å². The van der Waals surface area contributed by atoms with Crippen LogP contribution in [0.2, 0.25) is 5.28 Å². The van der Waals surface area contributed by atoms with Crippen LogP contribution in [-0.4, -0.2) is 33.2 Å². The van der Waals surface area contributed by atoms with Gasteiger partial charge in [-0.05, 0) is 24.4 Å². The molecule has 3 rings (SSSR count). The van der Waals surface area contributed by atoms with Gasteiger partial charge in [-0.1, -0.05) is 5.16 Å². The Morgan fingerprint density at radius 1 is 1.26 bits per heavy atom. The lowest BCUT2D eigenvalue weighted by atomic mass is 10.4. The van der Waals surface area contributed by atoms with Gasteiger partial charge in [-0.15, -0.1) is 0 Å². The van der Waals surface area contributed by atoms with Crippen LogP contribution in [0, 0.1) is 0 Å². The first kappa shape index (κ1) is 12.2. The van der Waals surface area contributed by atoms with Gasteiger partial charge in [0.1, 0.15) is 0 Å². The minimum Gasteiger partial charge on any atom is -0.360 e. The van der Waals surface area contributed by atoms with E-state index in [0.717, 1.165) is 25.9 Å². The van der Waals surface area contributed by atoms with E-state index in [4.69, 9.17) is 16.1 Å². The molecule has 8 heteroatoms. The van der Waals surface area contributed by atoms with Crippen LogP contribution in [0.25, 0.3) is 0 Å². The summed E-state index contributed by atoms with van der Waals surface area (Å²) in [5, 5.41) is 6.87. The van der Waals surface area contributed by atoms with Gasteiger partial charge in [0.25, 0.3) is 0 Å². The first-order valence-electron chi connectivity index (χ1n) is 6.11. The topological polar surface area (TPSA) is 80.0 Å². The fourth-order valence-corrected chi connectivity index (χ4v) is 2.13. The highest BCUT2D eigenvalue weighted by Gasteiger charge is 2.16. The van der Waals surface area contributed by atoms with Crippen LogP contribution >= 0.6 is 11.6 Å². The molecule has 2 aromatic heterocycles. The molecule has 0 spiro atoms. The van der Waals surface area contributed by atoms with E-state index in [2.05, 4.69) is 30.3 Å². The van der Waals surface area contributed by atoms with Crippen LogP contribution in [0.5, 0.6) is 0 Å². The highest BCUT2D eigenvalue weighted by atomic mass is 35.5. The number of nitrogens with zero attached hydrogens (tertiary/aromatic N) is 5. The van der Waals surface area contributed by atoms with Gasteiger partial charge in [0, 0.05) is 19.2 Å². The van der Waals surface area contributed by atoms with E-state index in [1.54, 1.807) is 12.3 Å². The van der Waals surface area contributed by atoms with E-state index in [1.807, 2.05) is 0 Å². The smallest absolute Gasteiger partial charge is 0.231 e. The fourth-order valence-electron chi connectivity index (χ4n) is 1.98. The van der Waals surface area contributed by atoms with Crippen molar-refractivity contribution in [3.8, 4) is 0 Å². The van der Waals surface area contributed by atoms with Crippen LogP contribution in [0.4, 0.5) is 11.9 Å². The molecule has 0 bridgehead atoms. The third-order valence-corrected chi connectivity index (χ3v) is 3.07. The average molecular weight is 281 g/mol. The zero-order chi connectivity index (χ0) is 13.1. The monoisotopic (exact) mass is 280 g/mol. The predicted octanol–water partition coefficient (Wildman–Crippen LogP) is 1.73. The van der Waals surface area contributed by atoms with Crippen molar-refractivity contribution in [2.24, 2.45) is 0 Å². The number of aromatic nitrogens is 4. The lowest BCUT2D eigenvalue weighted by Crippen LogP contribution is -2.21. The van der Waals surface area contributed by atoms with Crippen LogP contribution in [0.3, 0.4) is 0 Å².